The number of guanidine groups is 1. The standard InChI is InChI=1S/C19H29N5O2.HI/c1-4-11-20-19(22-17-9-12-23(13-10-17)15(2)3)21-14-16-5-7-18(8-6-16)24(25)26;/h4-8,15,17H,1,9-14H2,2-3H3,(H2,20,21,22);1H. The van der Waals surface area contributed by atoms with Crippen molar-refractivity contribution in [2.24, 2.45) is 4.99 Å². The van der Waals surface area contributed by atoms with E-state index in [1.165, 1.54) is 12.1 Å². The third-order valence-corrected chi connectivity index (χ3v) is 4.58. The van der Waals surface area contributed by atoms with Crippen LogP contribution in [0.5, 0.6) is 0 Å². The molecule has 0 spiro atoms. The highest BCUT2D eigenvalue weighted by atomic mass is 127. The van der Waals surface area contributed by atoms with Crippen molar-refractivity contribution in [2.45, 2.75) is 45.3 Å². The van der Waals surface area contributed by atoms with Crippen LogP contribution in [0.15, 0.2) is 41.9 Å². The number of hydrogen-bond acceptors (Lipinski definition) is 4. The molecule has 0 aromatic heterocycles. The van der Waals surface area contributed by atoms with Gasteiger partial charge in [0.15, 0.2) is 5.96 Å². The summed E-state index contributed by atoms with van der Waals surface area (Å²) in [5.41, 5.74) is 1.03. The lowest BCUT2D eigenvalue weighted by Gasteiger charge is -2.35. The molecule has 0 unspecified atom stereocenters. The first kappa shape index (κ1) is 23.4. The fourth-order valence-corrected chi connectivity index (χ4v) is 2.97. The molecule has 150 valence electrons. The highest BCUT2D eigenvalue weighted by Gasteiger charge is 2.21. The van der Waals surface area contributed by atoms with Crippen molar-refractivity contribution in [2.75, 3.05) is 19.6 Å². The Kier molecular flexibility index (Phi) is 10.3. The van der Waals surface area contributed by atoms with Crippen LogP contribution in [0.2, 0.25) is 0 Å². The number of rotatable bonds is 7. The zero-order valence-corrected chi connectivity index (χ0v) is 18.4. The Labute approximate surface area is 178 Å². The molecule has 0 saturated carbocycles. The Hall–Kier alpha value is -1.68. The van der Waals surface area contributed by atoms with E-state index in [1.807, 2.05) is 0 Å². The Balaban J connectivity index is 0.00000364. The number of aliphatic imine (C=N–C) groups is 1. The summed E-state index contributed by atoms with van der Waals surface area (Å²) in [6, 6.07) is 7.50. The second-order valence-corrected chi connectivity index (χ2v) is 6.81. The molecule has 0 aliphatic carbocycles. The Morgan fingerprint density at radius 1 is 1.37 bits per heavy atom. The molecule has 27 heavy (non-hydrogen) atoms. The second-order valence-electron chi connectivity index (χ2n) is 6.81. The van der Waals surface area contributed by atoms with Gasteiger partial charge in [0, 0.05) is 43.9 Å². The van der Waals surface area contributed by atoms with Crippen molar-refractivity contribution in [3.05, 3.63) is 52.6 Å². The van der Waals surface area contributed by atoms with Crippen molar-refractivity contribution < 1.29 is 4.92 Å². The molecule has 1 aromatic carbocycles. The van der Waals surface area contributed by atoms with Gasteiger partial charge in [-0.1, -0.05) is 18.2 Å². The highest BCUT2D eigenvalue weighted by Crippen LogP contribution is 2.14. The van der Waals surface area contributed by atoms with E-state index >= 15 is 0 Å². The van der Waals surface area contributed by atoms with Crippen LogP contribution >= 0.6 is 24.0 Å². The molecule has 0 bridgehead atoms. The molecule has 0 atom stereocenters. The number of nitro benzene ring substituents is 1. The molecule has 7 nitrogen and oxygen atoms in total. The summed E-state index contributed by atoms with van der Waals surface area (Å²) >= 11 is 0. The van der Waals surface area contributed by atoms with Gasteiger partial charge in [0.2, 0.25) is 0 Å². The Bertz CT molecular complexity index is 625. The molecule has 0 radical (unpaired) electrons. The van der Waals surface area contributed by atoms with Gasteiger partial charge in [-0.3, -0.25) is 10.1 Å². The van der Waals surface area contributed by atoms with Crippen molar-refractivity contribution in [1.29, 1.82) is 0 Å². The molecule has 1 aliphatic heterocycles. The van der Waals surface area contributed by atoms with Crippen LogP contribution in [0.3, 0.4) is 0 Å². The van der Waals surface area contributed by atoms with Crippen molar-refractivity contribution in [1.82, 2.24) is 15.5 Å². The van der Waals surface area contributed by atoms with E-state index in [0.29, 0.717) is 25.2 Å². The predicted octanol–water partition coefficient (Wildman–Crippen LogP) is 3.31. The second kappa shape index (κ2) is 11.9. The number of halogens is 1. The van der Waals surface area contributed by atoms with Gasteiger partial charge in [0.05, 0.1) is 11.5 Å². The van der Waals surface area contributed by atoms with Gasteiger partial charge in [0.1, 0.15) is 0 Å². The summed E-state index contributed by atoms with van der Waals surface area (Å²) in [6.45, 7) is 11.5. The number of hydrogen-bond donors (Lipinski definition) is 2. The number of piperidine rings is 1. The Morgan fingerprint density at radius 3 is 2.52 bits per heavy atom. The Morgan fingerprint density at radius 2 is 2.00 bits per heavy atom. The van der Waals surface area contributed by atoms with E-state index < -0.39 is 4.92 Å². The summed E-state index contributed by atoms with van der Waals surface area (Å²) in [5.74, 6) is 0.756. The van der Waals surface area contributed by atoms with E-state index in [1.54, 1.807) is 18.2 Å². The first-order valence-corrected chi connectivity index (χ1v) is 9.12. The summed E-state index contributed by atoms with van der Waals surface area (Å²) in [7, 11) is 0. The van der Waals surface area contributed by atoms with Crippen molar-refractivity contribution in [3.8, 4) is 0 Å². The zero-order valence-electron chi connectivity index (χ0n) is 16.1. The molecule has 2 rings (SSSR count). The minimum atomic E-state index is -0.394. The largest absolute Gasteiger partial charge is 0.354 e. The highest BCUT2D eigenvalue weighted by molar-refractivity contribution is 14.0. The third-order valence-electron chi connectivity index (χ3n) is 4.58. The van der Waals surface area contributed by atoms with Crippen molar-refractivity contribution in [3.63, 3.8) is 0 Å². The first-order chi connectivity index (χ1) is 12.5. The van der Waals surface area contributed by atoms with Gasteiger partial charge < -0.3 is 15.5 Å². The fraction of sp³-hybridized carbons (Fsp3) is 0.526. The first-order valence-electron chi connectivity index (χ1n) is 9.12. The lowest BCUT2D eigenvalue weighted by Crippen LogP contribution is -2.49. The number of non-ortho nitro benzene ring substituents is 1. The SMILES string of the molecule is C=CCNC(=NCc1ccc([N+](=O)[O-])cc1)NC1CCN(C(C)C)CC1.I. The molecule has 1 saturated heterocycles. The van der Waals surface area contributed by atoms with Gasteiger partial charge >= 0.3 is 0 Å². The molecule has 1 fully saturated rings. The summed E-state index contributed by atoms with van der Waals surface area (Å²) in [5, 5.41) is 17.5. The number of likely N-dealkylation sites (tertiary alicyclic amines) is 1. The molecule has 0 amide bonds. The zero-order chi connectivity index (χ0) is 18.9. The lowest BCUT2D eigenvalue weighted by molar-refractivity contribution is -0.384. The maximum absolute atomic E-state index is 10.7. The molecule has 1 aromatic rings. The van der Waals surface area contributed by atoms with Crippen LogP contribution in [0, 0.1) is 10.1 Å². The molecule has 1 aliphatic rings. The average molecular weight is 487 g/mol. The number of nitrogens with zero attached hydrogens (tertiary/aromatic N) is 3. The number of nitrogens with one attached hydrogen (secondary N) is 2. The van der Waals surface area contributed by atoms with Crippen LogP contribution in [0.25, 0.3) is 0 Å². The monoisotopic (exact) mass is 487 g/mol. The molecule has 2 N–H and O–H groups in total. The van der Waals surface area contributed by atoms with Crippen LogP contribution in [0.4, 0.5) is 5.69 Å². The lowest BCUT2D eigenvalue weighted by atomic mass is 10.0. The number of nitro groups is 1. The number of benzene rings is 1. The fourth-order valence-electron chi connectivity index (χ4n) is 2.97. The van der Waals surface area contributed by atoms with Crippen molar-refractivity contribution >= 4 is 35.6 Å². The van der Waals surface area contributed by atoms with E-state index in [2.05, 4.69) is 41.0 Å². The molecule has 1 heterocycles. The van der Waals surface area contributed by atoms with Crippen LogP contribution < -0.4 is 10.6 Å². The molecule has 8 heteroatoms. The minimum Gasteiger partial charge on any atom is -0.354 e. The van der Waals surface area contributed by atoms with Gasteiger partial charge in [-0.25, -0.2) is 4.99 Å². The minimum absolute atomic E-state index is 0. The quantitative estimate of drug-likeness (QED) is 0.154. The molecular weight excluding hydrogens is 457 g/mol. The average Bonchev–Trinajstić information content (AvgIpc) is 2.64. The van der Waals surface area contributed by atoms with Crippen LogP contribution in [-0.4, -0.2) is 47.5 Å². The van der Waals surface area contributed by atoms with Gasteiger partial charge in [0.25, 0.3) is 5.69 Å². The van der Waals surface area contributed by atoms with Crippen LogP contribution in [0.1, 0.15) is 32.3 Å². The topological polar surface area (TPSA) is 82.8 Å². The van der Waals surface area contributed by atoms with E-state index in [9.17, 15) is 10.1 Å². The normalized spacial score (nSPS) is 15.9. The predicted molar refractivity (Wildman–Crippen MR) is 121 cm³/mol. The maximum Gasteiger partial charge on any atom is 0.269 e. The smallest absolute Gasteiger partial charge is 0.269 e. The van der Waals surface area contributed by atoms with Crippen LogP contribution in [-0.2, 0) is 6.54 Å². The molecular formula is C19H30IN5O2. The van der Waals surface area contributed by atoms with Gasteiger partial charge in [-0.2, -0.15) is 0 Å². The third kappa shape index (κ3) is 7.84. The van der Waals surface area contributed by atoms with E-state index in [4.69, 9.17) is 0 Å². The van der Waals surface area contributed by atoms with E-state index in [-0.39, 0.29) is 29.7 Å². The van der Waals surface area contributed by atoms with Gasteiger partial charge in [-0.05, 0) is 32.3 Å². The summed E-state index contributed by atoms with van der Waals surface area (Å²) < 4.78 is 0. The van der Waals surface area contributed by atoms with E-state index in [0.717, 1.165) is 37.5 Å². The van der Waals surface area contributed by atoms with Gasteiger partial charge in [-0.15, -0.1) is 30.6 Å². The summed E-state index contributed by atoms with van der Waals surface area (Å²) in [6.07, 6.45) is 3.97. The maximum atomic E-state index is 10.7. The summed E-state index contributed by atoms with van der Waals surface area (Å²) in [4.78, 5) is 17.4.